The van der Waals surface area contributed by atoms with Gasteiger partial charge in [-0.15, -0.1) is 0 Å². The maximum atomic E-state index is 13.2. The van der Waals surface area contributed by atoms with Crippen molar-refractivity contribution in [2.75, 3.05) is 46.1 Å². The normalized spacial score (nSPS) is 23.5. The average molecular weight is 438 g/mol. The van der Waals surface area contributed by atoms with E-state index in [1.165, 1.54) is 17.7 Å². The molecule has 0 saturated carbocycles. The summed E-state index contributed by atoms with van der Waals surface area (Å²) in [4.78, 5) is 20.3. The summed E-state index contributed by atoms with van der Waals surface area (Å²) in [7, 11) is 0. The van der Waals surface area contributed by atoms with E-state index < -0.39 is 0 Å². The number of fused-ring (bicyclic) bond motifs is 2. The smallest absolute Gasteiger partial charge is 0.274 e. The fourth-order valence-electron chi connectivity index (χ4n) is 5.67. The molecular weight excluding hydrogens is 406 g/mol. The van der Waals surface area contributed by atoms with Crippen LogP contribution in [0.15, 0.2) is 18.2 Å². The Bertz CT molecular complexity index is 998. The van der Waals surface area contributed by atoms with Crippen molar-refractivity contribution in [1.82, 2.24) is 24.9 Å². The largest absolute Gasteiger partial charge is 0.454 e. The van der Waals surface area contributed by atoms with Crippen LogP contribution in [0.3, 0.4) is 0 Å². The van der Waals surface area contributed by atoms with E-state index in [0.29, 0.717) is 18.5 Å². The monoisotopic (exact) mass is 437 g/mol. The number of carbonyl (C=O) groups excluding carboxylic acids is 1. The summed E-state index contributed by atoms with van der Waals surface area (Å²) in [5, 5.41) is 7.46. The molecule has 0 unspecified atom stereocenters. The van der Waals surface area contributed by atoms with Crippen LogP contribution in [0.25, 0.3) is 0 Å². The maximum absolute atomic E-state index is 13.2. The summed E-state index contributed by atoms with van der Waals surface area (Å²) in [6.07, 6.45) is 5.37. The number of hydrogen-bond acceptors (Lipinski definition) is 6. The zero-order chi connectivity index (χ0) is 21.5. The molecule has 2 saturated heterocycles. The summed E-state index contributed by atoms with van der Waals surface area (Å²) in [6.45, 7) is 7.12. The lowest BCUT2D eigenvalue weighted by atomic mass is 10.0. The Morgan fingerprint density at radius 2 is 1.94 bits per heavy atom. The van der Waals surface area contributed by atoms with Crippen LogP contribution in [-0.2, 0) is 19.4 Å². The van der Waals surface area contributed by atoms with Crippen LogP contribution in [0.1, 0.15) is 46.6 Å². The fourth-order valence-corrected chi connectivity index (χ4v) is 5.67. The summed E-state index contributed by atoms with van der Waals surface area (Å²) in [5.74, 6) is 1.82. The molecule has 0 bridgehead atoms. The number of nitrogens with one attached hydrogen (secondary N) is 1. The van der Waals surface area contributed by atoms with Crippen LogP contribution < -0.4 is 9.47 Å². The maximum Gasteiger partial charge on any atom is 0.274 e. The van der Waals surface area contributed by atoms with Gasteiger partial charge in [-0.3, -0.25) is 19.7 Å². The lowest BCUT2D eigenvalue weighted by molar-refractivity contribution is 0.0403. The van der Waals surface area contributed by atoms with Crippen molar-refractivity contribution in [2.45, 2.75) is 44.7 Å². The molecule has 0 spiro atoms. The average Bonchev–Trinajstić information content (AvgIpc) is 3.56. The number of likely N-dealkylation sites (tertiary alicyclic amines) is 1. The first-order valence-corrected chi connectivity index (χ1v) is 11.9. The molecule has 4 heterocycles. The lowest BCUT2D eigenvalue weighted by Gasteiger charge is -2.43. The van der Waals surface area contributed by atoms with Crippen LogP contribution in [0.4, 0.5) is 0 Å². The molecule has 1 aromatic carbocycles. The molecule has 6 rings (SSSR count). The van der Waals surface area contributed by atoms with Crippen LogP contribution in [0.5, 0.6) is 11.5 Å². The lowest BCUT2D eigenvalue weighted by Crippen LogP contribution is -2.55. The summed E-state index contributed by atoms with van der Waals surface area (Å²) >= 11 is 0. The number of nitrogens with zero attached hydrogens (tertiary/aromatic N) is 4. The van der Waals surface area contributed by atoms with Gasteiger partial charge in [0.25, 0.3) is 5.91 Å². The number of aryl methyl sites for hydroxylation is 1. The van der Waals surface area contributed by atoms with Gasteiger partial charge in [0.15, 0.2) is 17.2 Å². The zero-order valence-electron chi connectivity index (χ0n) is 18.5. The van der Waals surface area contributed by atoms with Crippen molar-refractivity contribution in [2.24, 2.45) is 0 Å². The third-order valence-electron chi connectivity index (χ3n) is 7.46. The number of aromatic nitrogens is 2. The topological polar surface area (TPSA) is 73.9 Å². The van der Waals surface area contributed by atoms with E-state index in [1.54, 1.807) is 0 Å². The molecule has 1 amide bonds. The number of H-pyrrole nitrogens is 1. The zero-order valence-corrected chi connectivity index (χ0v) is 18.5. The Balaban J connectivity index is 1.04. The number of piperazine rings is 1. The van der Waals surface area contributed by atoms with Gasteiger partial charge in [0.05, 0.1) is 0 Å². The number of amides is 1. The van der Waals surface area contributed by atoms with Crippen molar-refractivity contribution >= 4 is 5.91 Å². The summed E-state index contributed by atoms with van der Waals surface area (Å²) in [5.41, 5.74) is 4.27. The fraction of sp³-hybridized carbons (Fsp3) is 0.583. The Morgan fingerprint density at radius 3 is 2.84 bits per heavy atom. The van der Waals surface area contributed by atoms with Gasteiger partial charge in [-0.1, -0.05) is 6.07 Å². The molecule has 0 radical (unpaired) electrons. The highest BCUT2D eigenvalue weighted by Crippen LogP contribution is 2.33. The minimum absolute atomic E-state index is 0.121. The van der Waals surface area contributed by atoms with Crippen molar-refractivity contribution < 1.29 is 14.3 Å². The van der Waals surface area contributed by atoms with Gasteiger partial charge >= 0.3 is 0 Å². The molecule has 1 N–H and O–H groups in total. The first-order valence-electron chi connectivity index (χ1n) is 11.9. The van der Waals surface area contributed by atoms with Crippen molar-refractivity contribution in [3.63, 3.8) is 0 Å². The van der Waals surface area contributed by atoms with Gasteiger partial charge in [0, 0.05) is 63.1 Å². The van der Waals surface area contributed by atoms with Gasteiger partial charge in [-0.05, 0) is 49.8 Å². The van der Waals surface area contributed by atoms with Crippen molar-refractivity contribution in [1.29, 1.82) is 0 Å². The number of carbonyl (C=O) groups is 1. The van der Waals surface area contributed by atoms with Crippen LogP contribution in [0.2, 0.25) is 0 Å². The number of piperidine rings is 1. The van der Waals surface area contributed by atoms with Crippen LogP contribution in [0, 0.1) is 0 Å². The van der Waals surface area contributed by atoms with Crippen molar-refractivity contribution in [3.8, 4) is 11.5 Å². The first-order chi connectivity index (χ1) is 15.7. The second kappa shape index (κ2) is 8.41. The Kier molecular flexibility index (Phi) is 5.27. The molecule has 32 heavy (non-hydrogen) atoms. The number of hydrogen-bond donors (Lipinski definition) is 1. The number of rotatable bonds is 4. The molecule has 170 valence electrons. The SMILES string of the molecule is O=C(c1n[nH]c2c1CCC2)N1CCC[C@H](N2CCN(Cc3ccc4c(c3)OCO4)CC2)C1. The predicted octanol–water partition coefficient (Wildman–Crippen LogP) is 2.05. The minimum atomic E-state index is 0.121. The number of ether oxygens (including phenoxy) is 2. The number of benzene rings is 1. The van der Waals surface area contributed by atoms with Gasteiger partial charge in [0.1, 0.15) is 0 Å². The molecule has 2 fully saturated rings. The molecular formula is C24H31N5O3. The molecule has 4 aliphatic rings. The summed E-state index contributed by atoms with van der Waals surface area (Å²) < 4.78 is 10.9. The van der Waals surface area contributed by atoms with E-state index in [2.05, 4.69) is 32.1 Å². The molecule has 3 aliphatic heterocycles. The molecule has 8 heteroatoms. The molecule has 8 nitrogen and oxygen atoms in total. The second-order valence-corrected chi connectivity index (χ2v) is 9.43. The van der Waals surface area contributed by atoms with E-state index in [0.717, 1.165) is 88.6 Å². The van der Waals surface area contributed by atoms with Gasteiger partial charge in [-0.25, -0.2) is 0 Å². The standard InChI is InChI=1S/C24H31N5O3/c30-24(23-19-4-1-5-20(19)25-26-23)29-8-2-3-18(15-29)28-11-9-27(10-12-28)14-17-6-7-21-22(13-17)32-16-31-21/h6-7,13,18H,1-5,8-12,14-16H2,(H,25,26)/t18-/m0/s1. The van der Waals surface area contributed by atoms with E-state index in [1.807, 2.05) is 11.0 Å². The van der Waals surface area contributed by atoms with Gasteiger partial charge in [-0.2, -0.15) is 5.10 Å². The highest BCUT2D eigenvalue weighted by Gasteiger charge is 2.33. The minimum Gasteiger partial charge on any atom is -0.454 e. The highest BCUT2D eigenvalue weighted by molar-refractivity contribution is 5.94. The molecule has 1 atom stereocenters. The molecule has 2 aromatic rings. The highest BCUT2D eigenvalue weighted by atomic mass is 16.7. The number of aromatic amines is 1. The summed E-state index contributed by atoms with van der Waals surface area (Å²) in [6, 6.07) is 6.70. The van der Waals surface area contributed by atoms with E-state index in [4.69, 9.17) is 9.47 Å². The third-order valence-corrected chi connectivity index (χ3v) is 7.46. The Morgan fingerprint density at radius 1 is 1.06 bits per heavy atom. The molecule has 1 aliphatic carbocycles. The predicted molar refractivity (Wildman–Crippen MR) is 119 cm³/mol. The van der Waals surface area contributed by atoms with Gasteiger partial charge in [0.2, 0.25) is 6.79 Å². The van der Waals surface area contributed by atoms with E-state index >= 15 is 0 Å². The van der Waals surface area contributed by atoms with Gasteiger partial charge < -0.3 is 14.4 Å². The Hall–Kier alpha value is -2.58. The van der Waals surface area contributed by atoms with Crippen molar-refractivity contribution in [3.05, 3.63) is 40.7 Å². The quantitative estimate of drug-likeness (QED) is 0.789. The molecule has 1 aromatic heterocycles. The van der Waals surface area contributed by atoms with E-state index in [-0.39, 0.29) is 5.91 Å². The third kappa shape index (κ3) is 3.75. The van der Waals surface area contributed by atoms with Crippen LogP contribution >= 0.6 is 0 Å². The Labute approximate surface area is 188 Å². The first kappa shape index (κ1) is 20.1. The van der Waals surface area contributed by atoms with E-state index in [9.17, 15) is 4.79 Å². The van der Waals surface area contributed by atoms with Crippen LogP contribution in [-0.4, -0.2) is 82.9 Å². The second-order valence-electron chi connectivity index (χ2n) is 9.43.